The van der Waals surface area contributed by atoms with Gasteiger partial charge in [-0.1, -0.05) is 0 Å². The van der Waals surface area contributed by atoms with Crippen molar-refractivity contribution < 1.29 is 14.0 Å². The van der Waals surface area contributed by atoms with Gasteiger partial charge in [0.2, 0.25) is 5.91 Å². The van der Waals surface area contributed by atoms with Crippen LogP contribution in [0.15, 0.2) is 30.3 Å². The SMILES string of the molecule is Cc1cc(C(=O)NCC(=O)N2CCN(c3ccc(F)cc3)CC2)n(C)n1. The molecule has 1 aromatic carbocycles. The predicted octanol–water partition coefficient (Wildman–Crippen LogP) is 0.946. The fraction of sp³-hybridized carbons (Fsp3) is 0.389. The van der Waals surface area contributed by atoms with E-state index < -0.39 is 0 Å². The Kier molecular flexibility index (Phi) is 5.20. The second-order valence-corrected chi connectivity index (χ2v) is 6.32. The van der Waals surface area contributed by atoms with Crippen LogP contribution in [-0.2, 0) is 11.8 Å². The maximum absolute atomic E-state index is 13.0. The lowest BCUT2D eigenvalue weighted by molar-refractivity contribution is -0.130. The van der Waals surface area contributed by atoms with Gasteiger partial charge >= 0.3 is 0 Å². The van der Waals surface area contributed by atoms with Gasteiger partial charge in [-0.2, -0.15) is 5.10 Å². The molecule has 0 bridgehead atoms. The van der Waals surface area contributed by atoms with E-state index in [1.807, 2.05) is 6.92 Å². The number of nitrogens with zero attached hydrogens (tertiary/aromatic N) is 4. The molecule has 0 unspecified atom stereocenters. The summed E-state index contributed by atoms with van der Waals surface area (Å²) in [5, 5.41) is 6.78. The van der Waals surface area contributed by atoms with E-state index in [1.54, 1.807) is 30.1 Å². The van der Waals surface area contributed by atoms with Gasteiger partial charge in [0.1, 0.15) is 11.5 Å². The van der Waals surface area contributed by atoms with Crippen LogP contribution in [-0.4, -0.2) is 59.2 Å². The standard InChI is InChI=1S/C18H22FN5O2/c1-13-11-16(22(2)21-13)18(26)20-12-17(25)24-9-7-23(8-10-24)15-5-3-14(19)4-6-15/h3-6,11H,7-10,12H2,1-2H3,(H,20,26). The molecule has 1 fully saturated rings. The quantitative estimate of drug-likeness (QED) is 0.882. The molecule has 1 aliphatic rings. The Morgan fingerprint density at radius 3 is 2.38 bits per heavy atom. The van der Waals surface area contributed by atoms with E-state index >= 15 is 0 Å². The molecule has 2 aromatic rings. The lowest BCUT2D eigenvalue weighted by Gasteiger charge is -2.36. The lowest BCUT2D eigenvalue weighted by atomic mass is 10.2. The fourth-order valence-electron chi connectivity index (χ4n) is 3.05. The van der Waals surface area contributed by atoms with Crippen LogP contribution in [0.4, 0.5) is 10.1 Å². The van der Waals surface area contributed by atoms with Gasteiger partial charge in [-0.3, -0.25) is 14.3 Å². The Balaban J connectivity index is 1.48. The number of aryl methyl sites for hydroxylation is 2. The van der Waals surface area contributed by atoms with Crippen molar-refractivity contribution in [1.29, 1.82) is 0 Å². The summed E-state index contributed by atoms with van der Waals surface area (Å²) in [7, 11) is 1.69. The molecule has 8 heteroatoms. The molecule has 0 aliphatic carbocycles. The number of carbonyl (C=O) groups excluding carboxylic acids is 2. The van der Waals surface area contributed by atoms with Crippen LogP contribution in [0.3, 0.4) is 0 Å². The molecule has 0 radical (unpaired) electrons. The zero-order valence-electron chi connectivity index (χ0n) is 14.9. The third-order valence-electron chi connectivity index (χ3n) is 4.46. The number of benzene rings is 1. The van der Waals surface area contributed by atoms with E-state index in [1.165, 1.54) is 16.8 Å². The largest absolute Gasteiger partial charge is 0.368 e. The number of amides is 2. The van der Waals surface area contributed by atoms with Gasteiger partial charge in [0, 0.05) is 38.9 Å². The van der Waals surface area contributed by atoms with Crippen LogP contribution in [0.2, 0.25) is 0 Å². The van der Waals surface area contributed by atoms with Crippen LogP contribution < -0.4 is 10.2 Å². The Morgan fingerprint density at radius 1 is 1.15 bits per heavy atom. The van der Waals surface area contributed by atoms with Crippen molar-refractivity contribution in [2.24, 2.45) is 7.05 Å². The summed E-state index contributed by atoms with van der Waals surface area (Å²) in [6, 6.07) is 8.03. The smallest absolute Gasteiger partial charge is 0.269 e. The maximum atomic E-state index is 13.0. The summed E-state index contributed by atoms with van der Waals surface area (Å²) < 4.78 is 14.5. The molecule has 1 N–H and O–H groups in total. The number of hydrogen-bond donors (Lipinski definition) is 1. The molecule has 0 spiro atoms. The lowest BCUT2D eigenvalue weighted by Crippen LogP contribution is -2.51. The van der Waals surface area contributed by atoms with Crippen molar-refractivity contribution in [3.8, 4) is 0 Å². The second kappa shape index (κ2) is 7.55. The third kappa shape index (κ3) is 4.01. The minimum Gasteiger partial charge on any atom is -0.368 e. The molecule has 0 atom stereocenters. The number of rotatable bonds is 4. The van der Waals surface area contributed by atoms with E-state index in [9.17, 15) is 14.0 Å². The third-order valence-corrected chi connectivity index (χ3v) is 4.46. The summed E-state index contributed by atoms with van der Waals surface area (Å²) in [5.74, 6) is -0.690. The topological polar surface area (TPSA) is 70.5 Å². The van der Waals surface area contributed by atoms with E-state index in [-0.39, 0.29) is 24.2 Å². The number of anilines is 1. The van der Waals surface area contributed by atoms with Crippen molar-refractivity contribution >= 4 is 17.5 Å². The number of hydrogen-bond acceptors (Lipinski definition) is 4. The summed E-state index contributed by atoms with van der Waals surface area (Å²) in [4.78, 5) is 28.3. The highest BCUT2D eigenvalue weighted by atomic mass is 19.1. The Hall–Kier alpha value is -2.90. The van der Waals surface area contributed by atoms with Crippen LogP contribution in [0, 0.1) is 12.7 Å². The normalized spacial score (nSPS) is 14.4. The molecule has 1 aromatic heterocycles. The number of nitrogens with one attached hydrogen (secondary N) is 1. The molecule has 3 rings (SSSR count). The molecular formula is C18H22FN5O2. The monoisotopic (exact) mass is 359 g/mol. The molecular weight excluding hydrogens is 337 g/mol. The Morgan fingerprint density at radius 2 is 1.81 bits per heavy atom. The first-order valence-electron chi connectivity index (χ1n) is 8.51. The zero-order valence-corrected chi connectivity index (χ0v) is 14.9. The summed E-state index contributed by atoms with van der Waals surface area (Å²) in [5.41, 5.74) is 2.12. The highest BCUT2D eigenvalue weighted by molar-refractivity contribution is 5.95. The summed E-state index contributed by atoms with van der Waals surface area (Å²) in [6.07, 6.45) is 0. The number of aromatic nitrogens is 2. The van der Waals surface area contributed by atoms with Gasteiger partial charge in [0.15, 0.2) is 0 Å². The summed E-state index contributed by atoms with van der Waals surface area (Å²) in [6.45, 7) is 4.24. The zero-order chi connectivity index (χ0) is 18.7. The molecule has 1 aliphatic heterocycles. The van der Waals surface area contributed by atoms with Gasteiger partial charge in [-0.25, -0.2) is 4.39 Å². The van der Waals surface area contributed by atoms with Crippen molar-refractivity contribution in [2.45, 2.75) is 6.92 Å². The van der Waals surface area contributed by atoms with Gasteiger partial charge < -0.3 is 15.1 Å². The Labute approximate surface area is 151 Å². The first-order chi connectivity index (χ1) is 12.4. The van der Waals surface area contributed by atoms with E-state index in [0.29, 0.717) is 31.9 Å². The number of carbonyl (C=O) groups is 2. The maximum Gasteiger partial charge on any atom is 0.269 e. The molecule has 138 valence electrons. The van der Waals surface area contributed by atoms with Crippen LogP contribution >= 0.6 is 0 Å². The highest BCUT2D eigenvalue weighted by Crippen LogP contribution is 2.16. The first-order valence-corrected chi connectivity index (χ1v) is 8.51. The van der Waals surface area contributed by atoms with Crippen molar-refractivity contribution in [3.05, 3.63) is 47.5 Å². The second-order valence-electron chi connectivity index (χ2n) is 6.32. The van der Waals surface area contributed by atoms with Gasteiger partial charge in [0.05, 0.1) is 12.2 Å². The van der Waals surface area contributed by atoms with E-state index in [4.69, 9.17) is 0 Å². The number of halogens is 1. The summed E-state index contributed by atoms with van der Waals surface area (Å²) >= 11 is 0. The molecule has 26 heavy (non-hydrogen) atoms. The Bertz CT molecular complexity index is 794. The van der Waals surface area contributed by atoms with Crippen LogP contribution in [0.1, 0.15) is 16.2 Å². The van der Waals surface area contributed by atoms with Gasteiger partial charge in [0.25, 0.3) is 5.91 Å². The van der Waals surface area contributed by atoms with Crippen molar-refractivity contribution in [3.63, 3.8) is 0 Å². The molecule has 0 saturated carbocycles. The average Bonchev–Trinajstić information content (AvgIpc) is 2.98. The van der Waals surface area contributed by atoms with Gasteiger partial charge in [-0.15, -0.1) is 0 Å². The van der Waals surface area contributed by atoms with E-state index in [2.05, 4.69) is 15.3 Å². The van der Waals surface area contributed by atoms with Crippen molar-refractivity contribution in [1.82, 2.24) is 20.0 Å². The average molecular weight is 359 g/mol. The minimum absolute atomic E-state index is 0.0421. The van der Waals surface area contributed by atoms with Crippen molar-refractivity contribution in [2.75, 3.05) is 37.6 Å². The molecule has 7 nitrogen and oxygen atoms in total. The van der Waals surface area contributed by atoms with Crippen LogP contribution in [0.25, 0.3) is 0 Å². The molecule has 1 saturated heterocycles. The molecule has 2 amide bonds. The predicted molar refractivity (Wildman–Crippen MR) is 95.5 cm³/mol. The van der Waals surface area contributed by atoms with Gasteiger partial charge in [-0.05, 0) is 37.3 Å². The van der Waals surface area contributed by atoms with E-state index in [0.717, 1.165) is 11.4 Å². The first kappa shape index (κ1) is 17.9. The van der Waals surface area contributed by atoms with Crippen LogP contribution in [0.5, 0.6) is 0 Å². The highest BCUT2D eigenvalue weighted by Gasteiger charge is 2.22. The molecule has 2 heterocycles. The number of piperazine rings is 1. The fourth-order valence-corrected chi connectivity index (χ4v) is 3.05. The minimum atomic E-state index is -0.314.